The smallest absolute Gasteiger partial charge is 0.252 e. The van der Waals surface area contributed by atoms with Crippen LogP contribution in [0.1, 0.15) is 33.6 Å². The maximum atomic E-state index is 13.4. The number of benzene rings is 3. The second-order valence-electron chi connectivity index (χ2n) is 8.25. The molecule has 0 aliphatic carbocycles. The number of ether oxygens (including phenoxy) is 1. The molecule has 2 heterocycles. The standard InChI is InChI=1S/C28H23FN2O3/c29-24-13-9-22(10-14-24)27(33)31-28(15-17-34-25-2-1-16-30-26(25)28)23-11-7-21(8-12-23)20-5-3-19(18-32)4-6-20/h1-14,16,32H,15,17-18H2,(H,31,33)/t28-/m0/s1. The zero-order valence-corrected chi connectivity index (χ0v) is 18.4. The first-order chi connectivity index (χ1) is 16.6. The van der Waals surface area contributed by atoms with Crippen LogP contribution in [0.4, 0.5) is 4.39 Å². The topological polar surface area (TPSA) is 71.5 Å². The van der Waals surface area contributed by atoms with Crippen LogP contribution in [-0.2, 0) is 12.1 Å². The maximum absolute atomic E-state index is 13.4. The Morgan fingerprint density at radius 2 is 1.65 bits per heavy atom. The number of halogens is 1. The molecule has 0 saturated heterocycles. The van der Waals surface area contributed by atoms with Crippen LogP contribution in [0.15, 0.2) is 91.1 Å². The highest BCUT2D eigenvalue weighted by Crippen LogP contribution is 2.41. The molecule has 6 heteroatoms. The highest BCUT2D eigenvalue weighted by atomic mass is 19.1. The number of pyridine rings is 1. The number of nitrogens with zero attached hydrogens (tertiary/aromatic N) is 1. The van der Waals surface area contributed by atoms with E-state index in [1.165, 1.54) is 24.3 Å². The lowest BCUT2D eigenvalue weighted by atomic mass is 9.80. The fourth-order valence-corrected chi connectivity index (χ4v) is 4.35. The lowest BCUT2D eigenvalue weighted by Gasteiger charge is -2.39. The summed E-state index contributed by atoms with van der Waals surface area (Å²) >= 11 is 0. The molecule has 0 radical (unpaired) electrons. The number of aliphatic hydroxyl groups is 1. The molecule has 5 rings (SSSR count). The Labute approximate surface area is 196 Å². The molecule has 3 aromatic carbocycles. The molecule has 34 heavy (non-hydrogen) atoms. The number of hydrogen-bond acceptors (Lipinski definition) is 4. The van der Waals surface area contributed by atoms with Gasteiger partial charge in [-0.15, -0.1) is 0 Å². The first kappa shape index (κ1) is 21.8. The van der Waals surface area contributed by atoms with Crippen LogP contribution in [-0.4, -0.2) is 22.6 Å². The SMILES string of the molecule is O=C(N[C@]1(c2ccc(-c3ccc(CO)cc3)cc2)CCOc2cccnc21)c1ccc(F)cc1. The Kier molecular flexibility index (Phi) is 5.82. The van der Waals surface area contributed by atoms with Crippen LogP contribution in [0, 0.1) is 5.82 Å². The van der Waals surface area contributed by atoms with Crippen LogP contribution < -0.4 is 10.1 Å². The van der Waals surface area contributed by atoms with E-state index in [0.717, 1.165) is 22.3 Å². The molecule has 0 fully saturated rings. The van der Waals surface area contributed by atoms with E-state index in [-0.39, 0.29) is 12.5 Å². The zero-order valence-electron chi connectivity index (χ0n) is 18.4. The average Bonchev–Trinajstić information content (AvgIpc) is 2.89. The minimum atomic E-state index is -0.903. The summed E-state index contributed by atoms with van der Waals surface area (Å²) in [5, 5.41) is 12.5. The number of fused-ring (bicyclic) bond motifs is 1. The highest BCUT2D eigenvalue weighted by molar-refractivity contribution is 5.95. The molecule has 0 saturated carbocycles. The monoisotopic (exact) mass is 454 g/mol. The van der Waals surface area contributed by atoms with E-state index in [0.29, 0.717) is 30.0 Å². The normalized spacial score (nSPS) is 16.9. The molecule has 0 unspecified atom stereocenters. The van der Waals surface area contributed by atoms with E-state index in [1.807, 2.05) is 54.6 Å². The van der Waals surface area contributed by atoms with E-state index in [9.17, 15) is 14.3 Å². The largest absolute Gasteiger partial charge is 0.491 e. The van der Waals surface area contributed by atoms with E-state index in [2.05, 4.69) is 10.3 Å². The molecule has 1 amide bonds. The Hall–Kier alpha value is -4.03. The van der Waals surface area contributed by atoms with Gasteiger partial charge in [-0.3, -0.25) is 9.78 Å². The van der Waals surface area contributed by atoms with Gasteiger partial charge in [0, 0.05) is 18.2 Å². The summed E-state index contributed by atoms with van der Waals surface area (Å²) in [6.45, 7) is 0.413. The van der Waals surface area contributed by atoms with Crippen LogP contribution in [0.3, 0.4) is 0 Å². The Bertz CT molecular complexity index is 1310. The molecule has 5 nitrogen and oxygen atoms in total. The number of carbonyl (C=O) groups excluding carboxylic acids is 1. The van der Waals surface area contributed by atoms with Crippen molar-refractivity contribution in [3.05, 3.63) is 119 Å². The van der Waals surface area contributed by atoms with Crippen molar-refractivity contribution in [2.75, 3.05) is 6.61 Å². The van der Waals surface area contributed by atoms with Crippen LogP contribution >= 0.6 is 0 Å². The molecule has 1 aliphatic heterocycles. The van der Waals surface area contributed by atoms with Gasteiger partial charge in [-0.2, -0.15) is 0 Å². The average molecular weight is 455 g/mol. The predicted octanol–water partition coefficient (Wildman–Crippen LogP) is 4.84. The van der Waals surface area contributed by atoms with Gasteiger partial charge in [-0.1, -0.05) is 48.5 Å². The lowest BCUT2D eigenvalue weighted by molar-refractivity contribution is 0.0883. The number of nitrogens with one attached hydrogen (secondary N) is 1. The van der Waals surface area contributed by atoms with E-state index >= 15 is 0 Å². The number of aromatic nitrogens is 1. The van der Waals surface area contributed by atoms with E-state index in [4.69, 9.17) is 4.74 Å². The zero-order chi connectivity index (χ0) is 23.5. The summed E-state index contributed by atoms with van der Waals surface area (Å²) in [6, 6.07) is 24.9. The quantitative estimate of drug-likeness (QED) is 0.453. The van der Waals surface area contributed by atoms with Crippen molar-refractivity contribution in [1.29, 1.82) is 0 Å². The first-order valence-corrected chi connectivity index (χ1v) is 11.1. The van der Waals surface area contributed by atoms with Crippen molar-refractivity contribution in [3.63, 3.8) is 0 Å². The minimum absolute atomic E-state index is 0.00394. The van der Waals surface area contributed by atoms with Gasteiger partial charge < -0.3 is 15.2 Å². The molecular weight excluding hydrogens is 431 g/mol. The molecule has 0 spiro atoms. The van der Waals surface area contributed by atoms with Crippen molar-refractivity contribution < 1.29 is 19.0 Å². The molecule has 1 atom stereocenters. The maximum Gasteiger partial charge on any atom is 0.252 e. The van der Waals surface area contributed by atoms with E-state index in [1.54, 1.807) is 12.3 Å². The fraction of sp³-hybridized carbons (Fsp3) is 0.143. The van der Waals surface area contributed by atoms with Gasteiger partial charge in [0.15, 0.2) is 0 Å². The van der Waals surface area contributed by atoms with Crippen molar-refractivity contribution in [1.82, 2.24) is 10.3 Å². The van der Waals surface area contributed by atoms with Crippen molar-refractivity contribution in [2.45, 2.75) is 18.6 Å². The Balaban J connectivity index is 1.55. The van der Waals surface area contributed by atoms with Gasteiger partial charge in [0.25, 0.3) is 5.91 Å². The van der Waals surface area contributed by atoms with Gasteiger partial charge in [-0.25, -0.2) is 4.39 Å². The third-order valence-electron chi connectivity index (χ3n) is 6.19. The molecule has 4 aromatic rings. The fourth-order valence-electron chi connectivity index (χ4n) is 4.35. The summed E-state index contributed by atoms with van der Waals surface area (Å²) in [7, 11) is 0. The summed E-state index contributed by atoms with van der Waals surface area (Å²) in [5.74, 6) is -0.0917. The summed E-state index contributed by atoms with van der Waals surface area (Å²) in [5.41, 5.74) is 3.87. The molecule has 1 aromatic heterocycles. The number of carbonyl (C=O) groups is 1. The first-order valence-electron chi connectivity index (χ1n) is 11.1. The lowest BCUT2D eigenvalue weighted by Crippen LogP contribution is -2.50. The third-order valence-corrected chi connectivity index (χ3v) is 6.19. The van der Waals surface area contributed by atoms with Crippen LogP contribution in [0.5, 0.6) is 5.75 Å². The van der Waals surface area contributed by atoms with Crippen LogP contribution in [0.2, 0.25) is 0 Å². The number of aliphatic hydroxyl groups excluding tert-OH is 1. The summed E-state index contributed by atoms with van der Waals surface area (Å²) in [6.07, 6.45) is 2.18. The van der Waals surface area contributed by atoms with Gasteiger partial charge in [0.05, 0.1) is 13.2 Å². The molecular formula is C28H23FN2O3. The van der Waals surface area contributed by atoms with Gasteiger partial charge in [0.1, 0.15) is 22.8 Å². The number of amides is 1. The Morgan fingerprint density at radius 1 is 0.971 bits per heavy atom. The molecule has 2 N–H and O–H groups in total. The molecule has 1 aliphatic rings. The number of hydrogen-bond donors (Lipinski definition) is 2. The summed E-state index contributed by atoms with van der Waals surface area (Å²) in [4.78, 5) is 17.8. The van der Waals surface area contributed by atoms with Crippen LogP contribution in [0.25, 0.3) is 11.1 Å². The van der Waals surface area contributed by atoms with Gasteiger partial charge in [-0.05, 0) is 58.7 Å². The van der Waals surface area contributed by atoms with Gasteiger partial charge >= 0.3 is 0 Å². The minimum Gasteiger partial charge on any atom is -0.491 e. The third kappa shape index (κ3) is 4.04. The van der Waals surface area contributed by atoms with Gasteiger partial charge in [0.2, 0.25) is 0 Å². The molecule has 170 valence electrons. The number of rotatable bonds is 5. The van der Waals surface area contributed by atoms with Crippen molar-refractivity contribution in [3.8, 4) is 16.9 Å². The highest BCUT2D eigenvalue weighted by Gasteiger charge is 2.42. The second kappa shape index (κ2) is 9.08. The second-order valence-corrected chi connectivity index (χ2v) is 8.25. The molecule has 0 bridgehead atoms. The predicted molar refractivity (Wildman–Crippen MR) is 127 cm³/mol. The van der Waals surface area contributed by atoms with E-state index < -0.39 is 11.4 Å². The summed E-state index contributed by atoms with van der Waals surface area (Å²) < 4.78 is 19.2. The van der Waals surface area contributed by atoms with Crippen molar-refractivity contribution in [2.24, 2.45) is 0 Å². The van der Waals surface area contributed by atoms with Crippen molar-refractivity contribution >= 4 is 5.91 Å². The Morgan fingerprint density at radius 3 is 2.32 bits per heavy atom.